The van der Waals surface area contributed by atoms with Gasteiger partial charge in [0.25, 0.3) is 0 Å². The van der Waals surface area contributed by atoms with E-state index in [9.17, 15) is 5.11 Å². The first-order valence-corrected chi connectivity index (χ1v) is 4.02. The number of hydrogen-bond donors (Lipinski definition) is 1. The Bertz CT molecular complexity index is 263. The van der Waals surface area contributed by atoms with E-state index in [0.29, 0.717) is 0 Å². The molecule has 0 saturated heterocycles. The van der Waals surface area contributed by atoms with Crippen molar-refractivity contribution in [1.82, 2.24) is 0 Å². The van der Waals surface area contributed by atoms with Gasteiger partial charge in [0, 0.05) is 12.8 Å². The minimum atomic E-state index is -0.153. The summed E-state index contributed by atoms with van der Waals surface area (Å²) < 4.78 is 5.44. The van der Waals surface area contributed by atoms with E-state index in [2.05, 4.69) is 0 Å². The minimum Gasteiger partial charge on any atom is -0.466 e. The average molecular weight is 152 g/mol. The van der Waals surface area contributed by atoms with Gasteiger partial charge < -0.3 is 9.52 Å². The van der Waals surface area contributed by atoms with Gasteiger partial charge in [-0.25, -0.2) is 0 Å². The topological polar surface area (TPSA) is 33.4 Å². The molecule has 0 saturated carbocycles. The largest absolute Gasteiger partial charge is 0.466 e. The van der Waals surface area contributed by atoms with Crippen LogP contribution < -0.4 is 0 Å². The molecule has 1 aromatic heterocycles. The van der Waals surface area contributed by atoms with E-state index in [1.807, 2.05) is 13.0 Å². The summed E-state index contributed by atoms with van der Waals surface area (Å²) in [6.45, 7) is 1.95. The molecule has 1 unspecified atom stereocenters. The average Bonchev–Trinajstić information content (AvgIpc) is 2.27. The van der Waals surface area contributed by atoms with Crippen LogP contribution in [0.3, 0.4) is 0 Å². The maximum Gasteiger partial charge on any atom is 0.107 e. The lowest BCUT2D eigenvalue weighted by molar-refractivity contribution is 0.154. The lowest BCUT2D eigenvalue weighted by atomic mass is 9.96. The van der Waals surface area contributed by atoms with Crippen LogP contribution >= 0.6 is 0 Å². The molecule has 0 radical (unpaired) electrons. The van der Waals surface area contributed by atoms with Crippen LogP contribution in [0.2, 0.25) is 0 Å². The van der Waals surface area contributed by atoms with Crippen LogP contribution in [0.5, 0.6) is 0 Å². The van der Waals surface area contributed by atoms with Crippen LogP contribution in [-0.2, 0) is 12.8 Å². The van der Waals surface area contributed by atoms with Crippen LogP contribution in [0.15, 0.2) is 10.5 Å². The fourth-order valence-corrected chi connectivity index (χ4v) is 1.65. The molecule has 2 rings (SSSR count). The van der Waals surface area contributed by atoms with Crippen LogP contribution in [0, 0.1) is 6.92 Å². The molecule has 1 aromatic rings. The lowest BCUT2D eigenvalue weighted by Crippen LogP contribution is -2.16. The normalized spacial score (nSPS) is 23.3. The van der Waals surface area contributed by atoms with Gasteiger partial charge in [0.1, 0.15) is 11.5 Å². The fraction of sp³-hybridized carbons (Fsp3) is 0.556. The summed E-state index contributed by atoms with van der Waals surface area (Å²) in [6.07, 6.45) is 2.36. The zero-order valence-corrected chi connectivity index (χ0v) is 6.63. The molecule has 0 aromatic carbocycles. The molecule has 60 valence electrons. The second-order valence-corrected chi connectivity index (χ2v) is 3.20. The third-order valence-electron chi connectivity index (χ3n) is 2.18. The summed E-state index contributed by atoms with van der Waals surface area (Å²) in [5.41, 5.74) is 1.20. The highest BCUT2D eigenvalue weighted by Gasteiger charge is 2.19. The van der Waals surface area contributed by atoms with Gasteiger partial charge in [0.2, 0.25) is 0 Å². The number of aryl methyl sites for hydroxylation is 2. The molecule has 2 heteroatoms. The number of aliphatic hydroxyl groups is 1. The third-order valence-corrected chi connectivity index (χ3v) is 2.18. The maximum absolute atomic E-state index is 9.32. The molecule has 0 fully saturated rings. The van der Waals surface area contributed by atoms with Crippen molar-refractivity contribution in [3.63, 3.8) is 0 Å². The summed E-state index contributed by atoms with van der Waals surface area (Å²) in [5.74, 6) is 2.04. The third kappa shape index (κ3) is 1.18. The summed E-state index contributed by atoms with van der Waals surface area (Å²) in [7, 11) is 0. The van der Waals surface area contributed by atoms with Crippen molar-refractivity contribution in [1.29, 1.82) is 0 Å². The standard InChI is InChI=1S/C9H12O2/c1-6-4-7-5-8(10)2-3-9(7)11-6/h4,8,10H,2-3,5H2,1H3. The first-order chi connectivity index (χ1) is 5.25. The Kier molecular flexibility index (Phi) is 1.50. The van der Waals surface area contributed by atoms with E-state index >= 15 is 0 Å². The number of rotatable bonds is 0. The molecule has 0 aliphatic heterocycles. The second-order valence-electron chi connectivity index (χ2n) is 3.20. The van der Waals surface area contributed by atoms with Gasteiger partial charge in [-0.1, -0.05) is 0 Å². The van der Waals surface area contributed by atoms with Crippen molar-refractivity contribution in [2.45, 2.75) is 32.3 Å². The van der Waals surface area contributed by atoms with E-state index in [-0.39, 0.29) is 6.10 Å². The van der Waals surface area contributed by atoms with Crippen molar-refractivity contribution in [3.05, 3.63) is 23.2 Å². The molecule has 0 bridgehead atoms. The van der Waals surface area contributed by atoms with Gasteiger partial charge in [0.15, 0.2) is 0 Å². The highest BCUT2D eigenvalue weighted by Crippen LogP contribution is 2.24. The maximum atomic E-state index is 9.32. The Morgan fingerprint density at radius 2 is 2.45 bits per heavy atom. The van der Waals surface area contributed by atoms with Crippen molar-refractivity contribution in [3.8, 4) is 0 Å². The van der Waals surface area contributed by atoms with Gasteiger partial charge >= 0.3 is 0 Å². The van der Waals surface area contributed by atoms with Crippen molar-refractivity contribution in [2.24, 2.45) is 0 Å². The summed E-state index contributed by atoms with van der Waals surface area (Å²) in [5, 5.41) is 9.32. The molecule has 1 aliphatic rings. The summed E-state index contributed by atoms with van der Waals surface area (Å²) >= 11 is 0. The SMILES string of the molecule is Cc1cc2c(o1)CCC(O)C2. The molecule has 1 atom stereocenters. The van der Waals surface area contributed by atoms with E-state index in [4.69, 9.17) is 4.42 Å². The smallest absolute Gasteiger partial charge is 0.107 e. The first-order valence-electron chi connectivity index (χ1n) is 4.02. The van der Waals surface area contributed by atoms with E-state index < -0.39 is 0 Å². The molecular formula is C9H12O2. The summed E-state index contributed by atoms with van der Waals surface area (Å²) in [6, 6.07) is 2.03. The van der Waals surface area contributed by atoms with Crippen LogP contribution in [-0.4, -0.2) is 11.2 Å². The summed E-state index contributed by atoms with van der Waals surface area (Å²) in [4.78, 5) is 0. The van der Waals surface area contributed by atoms with Gasteiger partial charge in [0.05, 0.1) is 6.10 Å². The lowest BCUT2D eigenvalue weighted by Gasteiger charge is -2.14. The van der Waals surface area contributed by atoms with Gasteiger partial charge in [-0.05, 0) is 25.0 Å². The highest BCUT2D eigenvalue weighted by atomic mass is 16.3. The number of fused-ring (bicyclic) bond motifs is 1. The van der Waals surface area contributed by atoms with Crippen LogP contribution in [0.4, 0.5) is 0 Å². The Morgan fingerprint density at radius 3 is 3.27 bits per heavy atom. The number of hydrogen-bond acceptors (Lipinski definition) is 2. The monoisotopic (exact) mass is 152 g/mol. The van der Waals surface area contributed by atoms with Gasteiger partial charge in [-0.15, -0.1) is 0 Å². The highest BCUT2D eigenvalue weighted by molar-refractivity contribution is 5.24. The van der Waals surface area contributed by atoms with E-state index in [1.165, 1.54) is 5.56 Å². The van der Waals surface area contributed by atoms with Crippen molar-refractivity contribution in [2.75, 3.05) is 0 Å². The minimum absolute atomic E-state index is 0.153. The molecule has 1 heterocycles. The molecular weight excluding hydrogens is 140 g/mol. The molecule has 0 spiro atoms. The number of aliphatic hydroxyl groups excluding tert-OH is 1. The Hall–Kier alpha value is -0.760. The number of furan rings is 1. The molecule has 1 N–H and O–H groups in total. The molecule has 0 amide bonds. The van der Waals surface area contributed by atoms with Crippen molar-refractivity contribution >= 4 is 0 Å². The van der Waals surface area contributed by atoms with Gasteiger partial charge in [-0.2, -0.15) is 0 Å². The Morgan fingerprint density at radius 1 is 1.64 bits per heavy atom. The zero-order chi connectivity index (χ0) is 7.84. The van der Waals surface area contributed by atoms with Crippen molar-refractivity contribution < 1.29 is 9.52 Å². The predicted octanol–water partition coefficient (Wildman–Crippen LogP) is 1.44. The van der Waals surface area contributed by atoms with Gasteiger partial charge in [-0.3, -0.25) is 0 Å². The van der Waals surface area contributed by atoms with E-state index in [1.54, 1.807) is 0 Å². The Labute approximate surface area is 65.8 Å². The fourth-order valence-electron chi connectivity index (χ4n) is 1.65. The first kappa shape index (κ1) is 6.92. The van der Waals surface area contributed by atoms with E-state index in [0.717, 1.165) is 30.8 Å². The van der Waals surface area contributed by atoms with Crippen LogP contribution in [0.1, 0.15) is 23.5 Å². The Balaban J connectivity index is 2.34. The molecule has 11 heavy (non-hydrogen) atoms. The second kappa shape index (κ2) is 2.38. The quantitative estimate of drug-likeness (QED) is 0.610. The van der Waals surface area contributed by atoms with Crippen LogP contribution in [0.25, 0.3) is 0 Å². The zero-order valence-electron chi connectivity index (χ0n) is 6.63. The molecule has 1 aliphatic carbocycles. The predicted molar refractivity (Wildman–Crippen MR) is 41.5 cm³/mol. The molecule has 2 nitrogen and oxygen atoms in total.